The largest absolute Gasteiger partial charge is 0.389 e. The summed E-state index contributed by atoms with van der Waals surface area (Å²) in [6.45, 7) is 2.60. The van der Waals surface area contributed by atoms with Crippen LogP contribution >= 0.6 is 0 Å². The molecule has 7 heteroatoms. The van der Waals surface area contributed by atoms with E-state index in [1.165, 1.54) is 6.21 Å². The van der Waals surface area contributed by atoms with Crippen molar-refractivity contribution in [2.24, 2.45) is 21.2 Å². The molecule has 0 amide bonds. The van der Waals surface area contributed by atoms with Crippen molar-refractivity contribution in [3.05, 3.63) is 6.54 Å². The Labute approximate surface area is 78.3 Å². The second-order valence-corrected chi connectivity index (χ2v) is 3.20. The number of nitrogens with one attached hydrogen (secondary N) is 1. The molecule has 0 spiro atoms. The van der Waals surface area contributed by atoms with Crippen LogP contribution in [-0.4, -0.2) is 24.5 Å². The normalized spacial score (nSPS) is 35.5. The van der Waals surface area contributed by atoms with E-state index in [1.807, 2.05) is 0 Å². The number of hydrogen-bond donors (Lipinski definition) is 1. The first kappa shape index (κ1) is 9.42. The van der Waals surface area contributed by atoms with Gasteiger partial charge in [-0.1, -0.05) is 5.22 Å². The first-order valence-electron chi connectivity index (χ1n) is 4.07. The molecule has 0 saturated heterocycles. The number of nitrogens with zero attached hydrogens (tertiary/aromatic N) is 3. The molecule has 2 radical (unpaired) electrons. The third-order valence-corrected chi connectivity index (χ3v) is 2.11. The van der Waals surface area contributed by atoms with Crippen molar-refractivity contribution in [3.63, 3.8) is 0 Å². The van der Waals surface area contributed by atoms with Crippen molar-refractivity contribution in [2.75, 3.05) is 0 Å². The van der Waals surface area contributed by atoms with Gasteiger partial charge in [-0.05, 0) is 0 Å². The lowest BCUT2D eigenvalue weighted by atomic mass is 9.90. The van der Waals surface area contributed by atoms with Crippen LogP contribution < -0.4 is 5.43 Å². The summed E-state index contributed by atoms with van der Waals surface area (Å²) in [5.41, 5.74) is 2.54. The second kappa shape index (κ2) is 3.21. The fourth-order valence-corrected chi connectivity index (χ4v) is 1.49. The van der Waals surface area contributed by atoms with E-state index in [0.717, 1.165) is 0 Å². The van der Waals surface area contributed by atoms with E-state index in [-0.39, 0.29) is 0 Å². The molecule has 4 nitrogen and oxygen atoms in total. The van der Waals surface area contributed by atoms with Crippen LogP contribution in [0, 0.1) is 12.5 Å². The van der Waals surface area contributed by atoms with Crippen molar-refractivity contribution in [2.45, 2.75) is 24.7 Å². The summed E-state index contributed by atoms with van der Waals surface area (Å²) in [7, 11) is 0. The SMILES string of the molecule is FC(F)(F)CC1C=N[C]C2NN=NC12. The molecule has 0 aromatic carbocycles. The van der Waals surface area contributed by atoms with Gasteiger partial charge in [0.25, 0.3) is 0 Å². The molecule has 0 aliphatic carbocycles. The standard InChI is InChI=1S/C7H7F3N4/c8-7(9,10)1-4-2-11-3-5-6(4)13-14-12-5/h2,4-6H,1H2,(H,12,13). The lowest BCUT2D eigenvalue weighted by Crippen LogP contribution is -2.41. The maximum absolute atomic E-state index is 12.1. The predicted molar refractivity (Wildman–Crippen MR) is 41.5 cm³/mol. The van der Waals surface area contributed by atoms with Crippen LogP contribution in [0.4, 0.5) is 13.2 Å². The van der Waals surface area contributed by atoms with Gasteiger partial charge in [0.15, 0.2) is 0 Å². The number of aliphatic imine (C=N–C) groups is 1. The molecule has 0 bridgehead atoms. The molecule has 14 heavy (non-hydrogen) atoms. The molecule has 0 aromatic heterocycles. The molecule has 76 valence electrons. The third-order valence-electron chi connectivity index (χ3n) is 2.11. The van der Waals surface area contributed by atoms with Crippen molar-refractivity contribution in [3.8, 4) is 0 Å². The molecule has 1 N–H and O–H groups in total. The smallest absolute Gasteiger partial charge is 0.284 e. The number of halogens is 3. The van der Waals surface area contributed by atoms with Gasteiger partial charge < -0.3 is 0 Å². The zero-order valence-corrected chi connectivity index (χ0v) is 6.99. The van der Waals surface area contributed by atoms with Crippen molar-refractivity contribution < 1.29 is 13.2 Å². The molecule has 2 heterocycles. The quantitative estimate of drug-likeness (QED) is 0.689. The Morgan fingerprint density at radius 3 is 2.93 bits per heavy atom. The van der Waals surface area contributed by atoms with Gasteiger partial charge in [-0.25, -0.2) is 0 Å². The molecule has 2 rings (SSSR count). The third kappa shape index (κ3) is 1.85. The monoisotopic (exact) mass is 204 g/mol. The first-order valence-corrected chi connectivity index (χ1v) is 4.07. The molecule has 2 aliphatic heterocycles. The lowest BCUT2D eigenvalue weighted by molar-refractivity contribution is -0.141. The highest BCUT2D eigenvalue weighted by Gasteiger charge is 2.41. The molecule has 2 aliphatic rings. The number of hydrogen-bond acceptors (Lipinski definition) is 4. The van der Waals surface area contributed by atoms with E-state index in [2.05, 4.69) is 27.3 Å². The van der Waals surface area contributed by atoms with Crippen LogP contribution in [0.1, 0.15) is 6.42 Å². The topological polar surface area (TPSA) is 49.1 Å². The summed E-state index contributed by atoms with van der Waals surface area (Å²) in [5.74, 6) is -0.736. The first-order chi connectivity index (χ1) is 6.56. The highest BCUT2D eigenvalue weighted by Crippen LogP contribution is 2.31. The van der Waals surface area contributed by atoms with E-state index in [4.69, 9.17) is 0 Å². The second-order valence-electron chi connectivity index (χ2n) is 3.20. The van der Waals surface area contributed by atoms with Crippen molar-refractivity contribution in [1.82, 2.24) is 5.43 Å². The van der Waals surface area contributed by atoms with Crippen LogP contribution in [0.5, 0.6) is 0 Å². The number of alkyl halides is 3. The lowest BCUT2D eigenvalue weighted by Gasteiger charge is -2.25. The van der Waals surface area contributed by atoms with E-state index in [1.54, 1.807) is 0 Å². The molecule has 3 atom stereocenters. The summed E-state index contributed by atoms with van der Waals surface area (Å²) in [6.07, 6.45) is -3.88. The van der Waals surface area contributed by atoms with E-state index < -0.39 is 30.6 Å². The van der Waals surface area contributed by atoms with E-state index in [9.17, 15) is 13.2 Å². The van der Waals surface area contributed by atoms with Crippen LogP contribution in [0.15, 0.2) is 15.3 Å². The molecule has 3 unspecified atom stereocenters. The zero-order valence-electron chi connectivity index (χ0n) is 6.99. The van der Waals surface area contributed by atoms with Crippen LogP contribution in [0.25, 0.3) is 0 Å². The number of rotatable bonds is 1. The minimum absolute atomic E-state index is 0.410. The van der Waals surface area contributed by atoms with Crippen LogP contribution in [0.2, 0.25) is 0 Å². The average molecular weight is 204 g/mol. The van der Waals surface area contributed by atoms with E-state index >= 15 is 0 Å². The maximum atomic E-state index is 12.1. The van der Waals surface area contributed by atoms with Gasteiger partial charge in [-0.2, -0.15) is 18.3 Å². The molecular formula is C7H7F3N4. The van der Waals surface area contributed by atoms with Gasteiger partial charge in [0.1, 0.15) is 18.6 Å². The van der Waals surface area contributed by atoms with Gasteiger partial charge in [0, 0.05) is 12.1 Å². The highest BCUT2D eigenvalue weighted by molar-refractivity contribution is 5.64. The Morgan fingerprint density at radius 1 is 1.43 bits per heavy atom. The van der Waals surface area contributed by atoms with Gasteiger partial charge in [-0.3, -0.25) is 10.4 Å². The van der Waals surface area contributed by atoms with Gasteiger partial charge in [0.05, 0.1) is 6.42 Å². The minimum atomic E-state index is -4.20. The fourth-order valence-electron chi connectivity index (χ4n) is 1.49. The molecule has 0 aromatic rings. The van der Waals surface area contributed by atoms with E-state index in [0.29, 0.717) is 0 Å². The van der Waals surface area contributed by atoms with Crippen molar-refractivity contribution in [1.29, 1.82) is 0 Å². The summed E-state index contributed by atoms with van der Waals surface area (Å²) in [6, 6.07) is -0.929. The zero-order chi connectivity index (χ0) is 10.2. The Hall–Kier alpha value is -1.14. The van der Waals surface area contributed by atoms with Gasteiger partial charge >= 0.3 is 6.18 Å². The van der Waals surface area contributed by atoms with Crippen LogP contribution in [0.3, 0.4) is 0 Å². The summed E-state index contributed by atoms with van der Waals surface area (Å²) in [4.78, 5) is 3.63. The molecule has 0 saturated carbocycles. The molecule has 0 fully saturated rings. The summed E-state index contributed by atoms with van der Waals surface area (Å²) < 4.78 is 36.4. The Morgan fingerprint density at radius 2 is 2.21 bits per heavy atom. The average Bonchev–Trinajstić information content (AvgIpc) is 2.49. The Bertz CT molecular complexity index is 273. The van der Waals surface area contributed by atoms with Gasteiger partial charge in [-0.15, -0.1) is 0 Å². The predicted octanol–water partition coefficient (Wildman–Crippen LogP) is 1.39. The fraction of sp³-hybridized carbons (Fsp3) is 0.714. The Kier molecular flexibility index (Phi) is 2.16. The number of fused-ring (bicyclic) bond motifs is 1. The van der Waals surface area contributed by atoms with Gasteiger partial charge in [0.2, 0.25) is 0 Å². The highest BCUT2D eigenvalue weighted by atomic mass is 19.4. The molecular weight excluding hydrogens is 197 g/mol. The summed E-state index contributed by atoms with van der Waals surface area (Å²) in [5, 5.41) is 7.16. The van der Waals surface area contributed by atoms with Crippen molar-refractivity contribution >= 4 is 6.21 Å². The summed E-state index contributed by atoms with van der Waals surface area (Å²) >= 11 is 0. The van der Waals surface area contributed by atoms with Crippen LogP contribution in [-0.2, 0) is 0 Å². The Balaban J connectivity index is 2.07. The maximum Gasteiger partial charge on any atom is 0.389 e. The minimum Gasteiger partial charge on any atom is -0.284 e.